The fraction of sp³-hybridized carbons (Fsp3) is 1.00. The van der Waals surface area contributed by atoms with Crippen LogP contribution in [-0.2, 0) is 9.47 Å². The Morgan fingerprint density at radius 1 is 1.30 bits per heavy atom. The van der Waals surface area contributed by atoms with E-state index in [0.29, 0.717) is 17.8 Å². The van der Waals surface area contributed by atoms with E-state index in [1.807, 2.05) is 0 Å². The van der Waals surface area contributed by atoms with Gasteiger partial charge in [0.2, 0.25) is 0 Å². The lowest BCUT2D eigenvalue weighted by Crippen LogP contribution is -2.25. The maximum absolute atomic E-state index is 5.54. The first-order valence-electron chi connectivity index (χ1n) is 4.18. The average Bonchev–Trinajstić information content (AvgIpc) is 2.77. The van der Waals surface area contributed by atoms with Crippen molar-refractivity contribution < 1.29 is 9.47 Å². The van der Waals surface area contributed by atoms with Gasteiger partial charge in [-0.3, -0.25) is 0 Å². The van der Waals surface area contributed by atoms with Crippen LogP contribution in [0.4, 0.5) is 0 Å². The minimum absolute atomic E-state index is 0.350. The van der Waals surface area contributed by atoms with Gasteiger partial charge in [-0.2, -0.15) is 0 Å². The second kappa shape index (κ2) is 1.07. The number of hydrogen-bond donors (Lipinski definition) is 0. The summed E-state index contributed by atoms with van der Waals surface area (Å²) >= 11 is 0. The van der Waals surface area contributed by atoms with Crippen molar-refractivity contribution in [2.45, 2.75) is 30.7 Å². The Morgan fingerprint density at radius 2 is 2.20 bits per heavy atom. The van der Waals surface area contributed by atoms with Crippen LogP contribution in [0.15, 0.2) is 0 Å². The summed E-state index contributed by atoms with van der Waals surface area (Å²) in [5.41, 5.74) is 0.350. The van der Waals surface area contributed by atoms with E-state index in [-0.39, 0.29) is 0 Å². The highest BCUT2D eigenvalue weighted by molar-refractivity contribution is 5.21. The number of hydrogen-bond acceptors (Lipinski definition) is 2. The van der Waals surface area contributed by atoms with Crippen molar-refractivity contribution >= 4 is 0 Å². The maximum Gasteiger partial charge on any atom is 0.0973 e. The van der Waals surface area contributed by atoms with Crippen molar-refractivity contribution in [3.8, 4) is 0 Å². The van der Waals surface area contributed by atoms with Crippen LogP contribution in [0.5, 0.6) is 0 Å². The van der Waals surface area contributed by atoms with Crippen LogP contribution in [0.3, 0.4) is 0 Å². The molecule has 2 bridgehead atoms. The van der Waals surface area contributed by atoms with Crippen molar-refractivity contribution in [3.63, 3.8) is 0 Å². The Balaban J connectivity index is 1.84. The Labute approximate surface area is 59.5 Å². The van der Waals surface area contributed by atoms with Crippen LogP contribution < -0.4 is 0 Å². The van der Waals surface area contributed by atoms with E-state index < -0.39 is 0 Å². The van der Waals surface area contributed by atoms with Crippen LogP contribution >= 0.6 is 0 Å². The van der Waals surface area contributed by atoms with Crippen LogP contribution in [-0.4, -0.2) is 24.4 Å². The summed E-state index contributed by atoms with van der Waals surface area (Å²) in [6.07, 6.45) is 4.00. The van der Waals surface area contributed by atoms with Gasteiger partial charge >= 0.3 is 0 Å². The molecule has 0 radical (unpaired) electrons. The third kappa shape index (κ3) is 0.330. The first-order chi connectivity index (χ1) is 4.89. The molecule has 2 aliphatic carbocycles. The molecule has 2 saturated carbocycles. The summed E-state index contributed by atoms with van der Waals surface area (Å²) < 4.78 is 11.0. The van der Waals surface area contributed by atoms with Gasteiger partial charge in [-0.15, -0.1) is 0 Å². The molecule has 0 amide bonds. The van der Waals surface area contributed by atoms with Gasteiger partial charge in [-0.05, 0) is 18.8 Å². The minimum Gasteiger partial charge on any atom is -0.369 e. The minimum atomic E-state index is 0.350. The van der Waals surface area contributed by atoms with E-state index in [4.69, 9.17) is 9.47 Å². The normalized spacial score (nSPS) is 74.4. The molecule has 2 nitrogen and oxygen atoms in total. The highest BCUT2D eigenvalue weighted by Crippen LogP contribution is 2.65. The van der Waals surface area contributed by atoms with Gasteiger partial charge < -0.3 is 9.47 Å². The van der Waals surface area contributed by atoms with E-state index in [1.54, 1.807) is 0 Å². The van der Waals surface area contributed by atoms with Gasteiger partial charge in [0.15, 0.2) is 0 Å². The van der Waals surface area contributed by atoms with Gasteiger partial charge in [0.05, 0.1) is 24.4 Å². The highest BCUT2D eigenvalue weighted by Gasteiger charge is 2.73. The van der Waals surface area contributed by atoms with Crippen LogP contribution in [0.1, 0.15) is 12.8 Å². The molecule has 1 spiro atoms. The molecule has 2 saturated heterocycles. The van der Waals surface area contributed by atoms with E-state index in [0.717, 1.165) is 18.4 Å². The summed E-state index contributed by atoms with van der Waals surface area (Å²) in [6, 6.07) is 0. The standard InChI is InChI=1S/C8H10O2/c1-4-2-8(3-9-8)5(1)7-6(4)10-7/h4-7H,1-3H2/t4-,5+,6-,7-,8-/m0/s1. The largest absolute Gasteiger partial charge is 0.369 e. The Hall–Kier alpha value is -0.0800. The Morgan fingerprint density at radius 3 is 2.80 bits per heavy atom. The number of ether oxygens (including phenoxy) is 2. The summed E-state index contributed by atoms with van der Waals surface area (Å²) in [5, 5.41) is 0. The Kier molecular flexibility index (Phi) is 0.504. The van der Waals surface area contributed by atoms with E-state index >= 15 is 0 Å². The Bertz CT molecular complexity index is 209. The van der Waals surface area contributed by atoms with Gasteiger partial charge in [-0.25, -0.2) is 0 Å². The van der Waals surface area contributed by atoms with Gasteiger partial charge in [0.1, 0.15) is 0 Å². The van der Waals surface area contributed by atoms with Gasteiger partial charge in [0, 0.05) is 5.92 Å². The predicted molar refractivity (Wildman–Crippen MR) is 33.6 cm³/mol. The quantitative estimate of drug-likeness (QED) is 0.457. The number of fused-ring (bicyclic) bond motifs is 6. The van der Waals surface area contributed by atoms with E-state index in [9.17, 15) is 0 Å². The van der Waals surface area contributed by atoms with Crippen LogP contribution in [0.2, 0.25) is 0 Å². The fourth-order valence-corrected chi connectivity index (χ4v) is 3.17. The van der Waals surface area contributed by atoms with Gasteiger partial charge in [-0.1, -0.05) is 0 Å². The monoisotopic (exact) mass is 138 g/mol. The lowest BCUT2D eigenvalue weighted by molar-refractivity contribution is 0.206. The molecule has 0 aromatic rings. The molecule has 2 heterocycles. The average molecular weight is 138 g/mol. The van der Waals surface area contributed by atoms with Crippen molar-refractivity contribution in [1.29, 1.82) is 0 Å². The highest BCUT2D eigenvalue weighted by atomic mass is 16.6. The van der Waals surface area contributed by atoms with Gasteiger partial charge in [0.25, 0.3) is 0 Å². The third-order valence-electron chi connectivity index (χ3n) is 3.78. The van der Waals surface area contributed by atoms with Crippen molar-refractivity contribution in [1.82, 2.24) is 0 Å². The van der Waals surface area contributed by atoms with E-state index in [1.165, 1.54) is 12.8 Å². The molecular weight excluding hydrogens is 128 g/mol. The molecule has 5 atom stereocenters. The summed E-state index contributed by atoms with van der Waals surface area (Å²) in [4.78, 5) is 0. The molecule has 10 heavy (non-hydrogen) atoms. The lowest BCUT2D eigenvalue weighted by Gasteiger charge is -2.12. The van der Waals surface area contributed by atoms with Crippen LogP contribution in [0.25, 0.3) is 0 Å². The second-order valence-corrected chi connectivity index (χ2v) is 4.23. The van der Waals surface area contributed by atoms with Crippen molar-refractivity contribution in [3.05, 3.63) is 0 Å². The van der Waals surface area contributed by atoms with E-state index in [2.05, 4.69) is 0 Å². The zero-order valence-corrected chi connectivity index (χ0v) is 5.75. The van der Waals surface area contributed by atoms with Crippen molar-refractivity contribution in [2.24, 2.45) is 11.8 Å². The molecular formula is C8H10O2. The molecule has 2 heteroatoms. The van der Waals surface area contributed by atoms with Crippen LogP contribution in [0, 0.1) is 11.8 Å². The fourth-order valence-electron chi connectivity index (χ4n) is 3.17. The molecule has 0 N–H and O–H groups in total. The molecule has 0 aromatic carbocycles. The smallest absolute Gasteiger partial charge is 0.0973 e. The molecule has 0 unspecified atom stereocenters. The molecule has 4 rings (SSSR count). The zero-order valence-electron chi connectivity index (χ0n) is 5.75. The molecule has 4 fully saturated rings. The summed E-state index contributed by atoms with van der Waals surface area (Å²) in [6.45, 7) is 1.03. The summed E-state index contributed by atoms with van der Waals surface area (Å²) in [7, 11) is 0. The molecule has 4 aliphatic rings. The lowest BCUT2D eigenvalue weighted by atomic mass is 9.89. The first kappa shape index (κ1) is 4.73. The summed E-state index contributed by atoms with van der Waals surface area (Å²) in [5.74, 6) is 1.67. The number of epoxide rings is 2. The first-order valence-corrected chi connectivity index (χ1v) is 4.18. The zero-order chi connectivity index (χ0) is 6.34. The molecule has 0 aromatic heterocycles. The third-order valence-corrected chi connectivity index (χ3v) is 3.78. The predicted octanol–water partition coefficient (Wildman–Crippen LogP) is 0.563. The number of rotatable bonds is 0. The SMILES string of the molecule is C1[C@H]2C[C@]3(CO3)[C@H]1[C@@H]1O[C@@H]21. The van der Waals surface area contributed by atoms with Crippen molar-refractivity contribution in [2.75, 3.05) is 6.61 Å². The maximum atomic E-state index is 5.54. The molecule has 54 valence electrons. The topological polar surface area (TPSA) is 25.1 Å². The second-order valence-electron chi connectivity index (χ2n) is 4.23. The molecule has 2 aliphatic heterocycles.